The minimum Gasteiger partial charge on any atom is -0.386 e. The second kappa shape index (κ2) is 5.13. The summed E-state index contributed by atoms with van der Waals surface area (Å²) in [7, 11) is 0. The van der Waals surface area contributed by atoms with Crippen LogP contribution < -0.4 is 0 Å². The van der Waals surface area contributed by atoms with Gasteiger partial charge in [0.1, 0.15) is 6.10 Å². The molecule has 0 spiro atoms. The topological polar surface area (TPSA) is 50.9 Å². The van der Waals surface area contributed by atoms with Gasteiger partial charge in [-0.25, -0.2) is 4.68 Å². The highest BCUT2D eigenvalue weighted by atomic mass is 16.3. The van der Waals surface area contributed by atoms with Crippen LogP contribution in [-0.2, 0) is 13.0 Å². The summed E-state index contributed by atoms with van der Waals surface area (Å²) in [6, 6.07) is 8.40. The molecule has 0 amide bonds. The van der Waals surface area contributed by atoms with Crippen molar-refractivity contribution in [3.63, 3.8) is 0 Å². The Morgan fingerprint density at radius 1 is 1.42 bits per heavy atom. The molecule has 2 aromatic rings. The molecular weight excluding hydrogens is 238 g/mol. The summed E-state index contributed by atoms with van der Waals surface area (Å²) in [6.45, 7) is 2.91. The first-order chi connectivity index (χ1) is 9.31. The summed E-state index contributed by atoms with van der Waals surface area (Å²) in [5.41, 5.74) is 3.48. The number of hydrogen-bond acceptors (Lipinski definition) is 3. The number of aliphatic hydroxyl groups is 1. The van der Waals surface area contributed by atoms with E-state index in [1.54, 1.807) is 6.20 Å². The van der Waals surface area contributed by atoms with Gasteiger partial charge in [0.2, 0.25) is 0 Å². The number of nitrogens with zero attached hydrogens (tertiary/aromatic N) is 3. The first-order valence-electron chi connectivity index (χ1n) is 6.95. The van der Waals surface area contributed by atoms with Crippen LogP contribution in [0.5, 0.6) is 0 Å². The van der Waals surface area contributed by atoms with Crippen molar-refractivity contribution >= 4 is 0 Å². The number of fused-ring (bicyclic) bond motifs is 1. The molecule has 0 fully saturated rings. The Bertz CT molecular complexity index is 564. The van der Waals surface area contributed by atoms with E-state index in [0.717, 1.165) is 31.5 Å². The lowest BCUT2D eigenvalue weighted by Crippen LogP contribution is -2.14. The van der Waals surface area contributed by atoms with E-state index in [4.69, 9.17) is 0 Å². The van der Waals surface area contributed by atoms with Gasteiger partial charge in [0, 0.05) is 12.5 Å². The minimum atomic E-state index is -0.509. The van der Waals surface area contributed by atoms with Crippen LogP contribution in [0, 0.1) is 0 Å². The van der Waals surface area contributed by atoms with Crippen LogP contribution in [0.3, 0.4) is 0 Å². The monoisotopic (exact) mass is 257 g/mol. The lowest BCUT2D eigenvalue weighted by Gasteiger charge is -2.19. The number of aliphatic hydroxyl groups excluding tert-OH is 1. The van der Waals surface area contributed by atoms with Crippen molar-refractivity contribution in [2.24, 2.45) is 0 Å². The average Bonchev–Trinajstić information content (AvgIpc) is 3.04. The highest BCUT2D eigenvalue weighted by Crippen LogP contribution is 2.41. The van der Waals surface area contributed by atoms with Gasteiger partial charge in [0.25, 0.3) is 0 Å². The quantitative estimate of drug-likeness (QED) is 0.915. The van der Waals surface area contributed by atoms with Gasteiger partial charge in [0.15, 0.2) is 0 Å². The first kappa shape index (κ1) is 12.4. The zero-order valence-electron chi connectivity index (χ0n) is 11.2. The predicted molar refractivity (Wildman–Crippen MR) is 72.8 cm³/mol. The van der Waals surface area contributed by atoms with Crippen molar-refractivity contribution < 1.29 is 5.11 Å². The Hall–Kier alpha value is -1.68. The molecule has 1 aromatic heterocycles. The average molecular weight is 257 g/mol. The summed E-state index contributed by atoms with van der Waals surface area (Å²) in [5, 5.41) is 18.7. The van der Waals surface area contributed by atoms with E-state index >= 15 is 0 Å². The summed E-state index contributed by atoms with van der Waals surface area (Å²) in [6.07, 6.45) is 4.22. The molecule has 1 aliphatic carbocycles. The van der Waals surface area contributed by atoms with Gasteiger partial charge in [-0.2, -0.15) is 0 Å². The van der Waals surface area contributed by atoms with Crippen LogP contribution in [0.1, 0.15) is 48.6 Å². The number of aromatic nitrogens is 3. The van der Waals surface area contributed by atoms with E-state index in [0.29, 0.717) is 0 Å². The molecule has 2 unspecified atom stereocenters. The van der Waals surface area contributed by atoms with Crippen LogP contribution >= 0.6 is 0 Å². The maximum Gasteiger partial charge on any atom is 0.104 e. The molecule has 0 saturated carbocycles. The van der Waals surface area contributed by atoms with E-state index < -0.39 is 6.10 Å². The fourth-order valence-corrected chi connectivity index (χ4v) is 3.00. The third-order valence-corrected chi connectivity index (χ3v) is 3.95. The number of hydrogen-bond donors (Lipinski definition) is 1. The fourth-order valence-electron chi connectivity index (χ4n) is 3.00. The SMILES string of the molecule is CCCn1nncc1C(O)C1CCc2ccccc21. The van der Waals surface area contributed by atoms with Crippen molar-refractivity contribution in [1.82, 2.24) is 15.0 Å². The Morgan fingerprint density at radius 2 is 2.26 bits per heavy atom. The van der Waals surface area contributed by atoms with Crippen molar-refractivity contribution in [1.29, 1.82) is 0 Å². The Kier molecular flexibility index (Phi) is 3.34. The molecule has 1 aliphatic rings. The highest BCUT2D eigenvalue weighted by Gasteiger charge is 2.31. The van der Waals surface area contributed by atoms with Gasteiger partial charge < -0.3 is 5.11 Å². The molecule has 3 rings (SSSR count). The van der Waals surface area contributed by atoms with E-state index in [-0.39, 0.29) is 5.92 Å². The van der Waals surface area contributed by atoms with Crippen LogP contribution in [0.2, 0.25) is 0 Å². The third kappa shape index (κ3) is 2.16. The lowest BCUT2D eigenvalue weighted by molar-refractivity contribution is 0.134. The summed E-state index contributed by atoms with van der Waals surface area (Å²) >= 11 is 0. The summed E-state index contributed by atoms with van der Waals surface area (Å²) in [5.74, 6) is 0.172. The minimum absolute atomic E-state index is 0.172. The molecule has 4 nitrogen and oxygen atoms in total. The van der Waals surface area contributed by atoms with Gasteiger partial charge in [0.05, 0.1) is 11.9 Å². The van der Waals surface area contributed by atoms with Crippen molar-refractivity contribution in [3.8, 4) is 0 Å². The van der Waals surface area contributed by atoms with E-state index in [1.165, 1.54) is 11.1 Å². The van der Waals surface area contributed by atoms with E-state index in [9.17, 15) is 5.11 Å². The largest absolute Gasteiger partial charge is 0.386 e. The molecule has 0 aliphatic heterocycles. The van der Waals surface area contributed by atoms with E-state index in [1.807, 2.05) is 10.7 Å². The molecule has 4 heteroatoms. The van der Waals surface area contributed by atoms with Crippen LogP contribution in [0.15, 0.2) is 30.5 Å². The Morgan fingerprint density at radius 3 is 3.11 bits per heavy atom. The molecular formula is C15H19N3O. The van der Waals surface area contributed by atoms with Gasteiger partial charge in [-0.15, -0.1) is 5.10 Å². The molecule has 0 radical (unpaired) electrons. The zero-order chi connectivity index (χ0) is 13.2. The standard InChI is InChI=1S/C15H19N3O/c1-2-9-18-14(10-16-17-18)15(19)13-8-7-11-5-3-4-6-12(11)13/h3-6,10,13,15,19H,2,7-9H2,1H3. The maximum atomic E-state index is 10.7. The fraction of sp³-hybridized carbons (Fsp3) is 0.467. The number of benzene rings is 1. The smallest absolute Gasteiger partial charge is 0.104 e. The molecule has 2 atom stereocenters. The van der Waals surface area contributed by atoms with E-state index in [2.05, 4.69) is 35.4 Å². The number of aryl methyl sites for hydroxylation is 2. The summed E-state index contributed by atoms with van der Waals surface area (Å²) in [4.78, 5) is 0. The molecule has 0 bridgehead atoms. The van der Waals surface area contributed by atoms with Crippen LogP contribution in [0.4, 0.5) is 0 Å². The first-order valence-corrected chi connectivity index (χ1v) is 6.95. The summed E-state index contributed by atoms with van der Waals surface area (Å²) < 4.78 is 1.82. The zero-order valence-corrected chi connectivity index (χ0v) is 11.2. The van der Waals surface area contributed by atoms with Gasteiger partial charge in [-0.05, 0) is 30.4 Å². The van der Waals surface area contributed by atoms with Crippen molar-refractivity contribution in [2.45, 2.75) is 44.8 Å². The van der Waals surface area contributed by atoms with Gasteiger partial charge in [-0.3, -0.25) is 0 Å². The van der Waals surface area contributed by atoms with Crippen molar-refractivity contribution in [2.75, 3.05) is 0 Å². The molecule has 1 N–H and O–H groups in total. The third-order valence-electron chi connectivity index (χ3n) is 3.95. The Labute approximate surface area is 113 Å². The molecule has 0 saturated heterocycles. The van der Waals surface area contributed by atoms with Gasteiger partial charge >= 0.3 is 0 Å². The molecule has 19 heavy (non-hydrogen) atoms. The molecule has 1 aromatic carbocycles. The maximum absolute atomic E-state index is 10.7. The normalized spacial score (nSPS) is 19.4. The van der Waals surface area contributed by atoms with Gasteiger partial charge in [-0.1, -0.05) is 36.4 Å². The second-order valence-electron chi connectivity index (χ2n) is 5.17. The van der Waals surface area contributed by atoms with Crippen LogP contribution in [-0.4, -0.2) is 20.1 Å². The number of rotatable bonds is 4. The predicted octanol–water partition coefficient (Wildman–Crippen LogP) is 2.45. The lowest BCUT2D eigenvalue weighted by atomic mass is 9.93. The molecule has 100 valence electrons. The van der Waals surface area contributed by atoms with Crippen molar-refractivity contribution in [3.05, 3.63) is 47.3 Å². The van der Waals surface area contributed by atoms with Crippen LogP contribution in [0.25, 0.3) is 0 Å². The second-order valence-corrected chi connectivity index (χ2v) is 5.17. The Balaban J connectivity index is 1.89. The highest BCUT2D eigenvalue weighted by molar-refractivity contribution is 5.36. The molecule has 1 heterocycles.